The first kappa shape index (κ1) is 27.5. The SMILES string of the molecule is CCCCn1c(-c2c(CC)cccc2CC)nc(Cl)c1CN1CCCCC1c1ccc(OC)c(OC)c1. The van der Waals surface area contributed by atoms with Crippen LogP contribution in [0.3, 0.4) is 0 Å². The Morgan fingerprint density at radius 2 is 1.70 bits per heavy atom. The third-order valence-electron chi connectivity index (χ3n) is 7.74. The van der Waals surface area contributed by atoms with Crippen LogP contribution in [0.25, 0.3) is 11.4 Å². The predicted octanol–water partition coefficient (Wildman–Crippen LogP) is 7.87. The molecule has 0 saturated carbocycles. The minimum absolute atomic E-state index is 0.303. The van der Waals surface area contributed by atoms with Crippen LogP contribution in [-0.2, 0) is 25.9 Å². The van der Waals surface area contributed by atoms with Crippen LogP contribution < -0.4 is 9.47 Å². The van der Waals surface area contributed by atoms with Gasteiger partial charge in [0.25, 0.3) is 0 Å². The van der Waals surface area contributed by atoms with Gasteiger partial charge in [-0.25, -0.2) is 4.98 Å². The van der Waals surface area contributed by atoms with Crippen LogP contribution in [0.2, 0.25) is 5.15 Å². The molecule has 2 heterocycles. The molecule has 3 aromatic rings. The van der Waals surface area contributed by atoms with Gasteiger partial charge in [0.15, 0.2) is 16.7 Å². The van der Waals surface area contributed by atoms with Gasteiger partial charge < -0.3 is 14.0 Å². The van der Waals surface area contributed by atoms with E-state index in [-0.39, 0.29) is 0 Å². The number of nitrogens with zero attached hydrogens (tertiary/aromatic N) is 3. The molecule has 0 aliphatic carbocycles. The Kier molecular flexibility index (Phi) is 9.55. The van der Waals surface area contributed by atoms with Crippen LogP contribution in [0, 0.1) is 0 Å². The summed E-state index contributed by atoms with van der Waals surface area (Å²) >= 11 is 6.98. The Morgan fingerprint density at radius 3 is 2.35 bits per heavy atom. The van der Waals surface area contributed by atoms with E-state index in [4.69, 9.17) is 26.1 Å². The lowest BCUT2D eigenvalue weighted by Crippen LogP contribution is -2.33. The number of halogens is 1. The van der Waals surface area contributed by atoms with Crippen molar-refractivity contribution < 1.29 is 9.47 Å². The van der Waals surface area contributed by atoms with Gasteiger partial charge in [-0.1, -0.05) is 69.5 Å². The summed E-state index contributed by atoms with van der Waals surface area (Å²) in [6, 6.07) is 13.3. The van der Waals surface area contributed by atoms with Crippen molar-refractivity contribution in [3.63, 3.8) is 0 Å². The lowest BCUT2D eigenvalue weighted by Gasteiger charge is -2.36. The molecule has 0 spiro atoms. The summed E-state index contributed by atoms with van der Waals surface area (Å²) in [5.41, 5.74) is 6.34. The maximum absolute atomic E-state index is 6.98. The summed E-state index contributed by atoms with van der Waals surface area (Å²) in [4.78, 5) is 7.61. The average molecular weight is 524 g/mol. The van der Waals surface area contributed by atoms with Crippen molar-refractivity contribution in [3.05, 3.63) is 63.9 Å². The number of likely N-dealkylation sites (tertiary alicyclic amines) is 1. The first-order valence-electron chi connectivity index (χ1n) is 13.9. The highest BCUT2D eigenvalue weighted by atomic mass is 35.5. The molecule has 1 fully saturated rings. The second-order valence-corrected chi connectivity index (χ2v) is 10.3. The van der Waals surface area contributed by atoms with E-state index in [1.165, 1.54) is 35.1 Å². The normalized spacial score (nSPS) is 16.2. The van der Waals surface area contributed by atoms with Crippen molar-refractivity contribution in [2.75, 3.05) is 20.8 Å². The molecule has 37 heavy (non-hydrogen) atoms. The summed E-state index contributed by atoms with van der Waals surface area (Å²) in [5, 5.41) is 0.635. The van der Waals surface area contributed by atoms with Gasteiger partial charge in [-0.05, 0) is 67.5 Å². The highest BCUT2D eigenvalue weighted by molar-refractivity contribution is 6.30. The molecule has 1 aromatic heterocycles. The molecule has 5 nitrogen and oxygen atoms in total. The Morgan fingerprint density at radius 1 is 0.973 bits per heavy atom. The number of methoxy groups -OCH3 is 2. The molecule has 2 aromatic carbocycles. The van der Waals surface area contributed by atoms with E-state index in [1.54, 1.807) is 14.2 Å². The first-order chi connectivity index (χ1) is 18.1. The monoisotopic (exact) mass is 523 g/mol. The van der Waals surface area contributed by atoms with Crippen molar-refractivity contribution >= 4 is 11.6 Å². The zero-order chi connectivity index (χ0) is 26.4. The van der Waals surface area contributed by atoms with Gasteiger partial charge >= 0.3 is 0 Å². The van der Waals surface area contributed by atoms with E-state index < -0.39 is 0 Å². The number of imidazole rings is 1. The van der Waals surface area contributed by atoms with Gasteiger partial charge in [0, 0.05) is 24.7 Å². The fraction of sp³-hybridized carbons (Fsp3) is 0.516. The number of piperidine rings is 1. The third-order valence-corrected chi connectivity index (χ3v) is 8.04. The molecule has 1 atom stereocenters. The largest absolute Gasteiger partial charge is 0.493 e. The first-order valence-corrected chi connectivity index (χ1v) is 14.3. The van der Waals surface area contributed by atoms with Gasteiger partial charge in [0.2, 0.25) is 0 Å². The molecule has 200 valence electrons. The molecule has 1 unspecified atom stereocenters. The van der Waals surface area contributed by atoms with Crippen LogP contribution in [0.5, 0.6) is 11.5 Å². The number of ether oxygens (including phenoxy) is 2. The van der Waals surface area contributed by atoms with Crippen LogP contribution in [0.15, 0.2) is 36.4 Å². The quantitative estimate of drug-likeness (QED) is 0.256. The van der Waals surface area contributed by atoms with E-state index in [1.807, 2.05) is 6.07 Å². The van der Waals surface area contributed by atoms with E-state index in [0.717, 1.165) is 74.8 Å². The topological polar surface area (TPSA) is 39.5 Å². The zero-order valence-electron chi connectivity index (χ0n) is 23.1. The minimum Gasteiger partial charge on any atom is -0.493 e. The number of hydrogen-bond acceptors (Lipinski definition) is 4. The summed E-state index contributed by atoms with van der Waals surface area (Å²) in [7, 11) is 3.38. The van der Waals surface area contributed by atoms with Gasteiger partial charge in [-0.2, -0.15) is 0 Å². The summed E-state index contributed by atoms with van der Waals surface area (Å²) in [6.07, 6.45) is 7.70. The molecular formula is C31H42ClN3O2. The van der Waals surface area contributed by atoms with Gasteiger partial charge in [0.1, 0.15) is 5.82 Å². The Bertz CT molecular complexity index is 1170. The van der Waals surface area contributed by atoms with Crippen LogP contribution in [-0.4, -0.2) is 35.2 Å². The fourth-order valence-electron chi connectivity index (χ4n) is 5.70. The van der Waals surface area contributed by atoms with Crippen molar-refractivity contribution in [2.45, 2.75) is 84.8 Å². The lowest BCUT2D eigenvalue weighted by molar-refractivity contribution is 0.137. The molecule has 6 heteroatoms. The Hall–Kier alpha value is -2.50. The van der Waals surface area contributed by atoms with Gasteiger partial charge in [-0.15, -0.1) is 0 Å². The second-order valence-electron chi connectivity index (χ2n) is 9.93. The third kappa shape index (κ3) is 5.83. The standard InChI is InChI=1S/C31H42ClN3O2/c1-6-9-19-35-26(30(32)33-31(35)29-22(7-2)13-12-14-23(29)8-3)21-34-18-11-10-15-25(34)24-16-17-27(36-4)28(20-24)37-5/h12-14,16-17,20,25H,6-11,15,18-19,21H2,1-5H3. The van der Waals surface area contributed by atoms with Crippen molar-refractivity contribution in [2.24, 2.45) is 0 Å². The number of hydrogen-bond donors (Lipinski definition) is 0. The number of aromatic nitrogens is 2. The van der Waals surface area contributed by atoms with Gasteiger partial charge in [0.05, 0.1) is 19.9 Å². The van der Waals surface area contributed by atoms with E-state index >= 15 is 0 Å². The highest BCUT2D eigenvalue weighted by Crippen LogP contribution is 2.39. The molecule has 4 rings (SSSR count). The fourth-order valence-corrected chi connectivity index (χ4v) is 5.94. The molecule has 0 amide bonds. The smallest absolute Gasteiger partial charge is 0.161 e. The zero-order valence-corrected chi connectivity index (χ0v) is 23.9. The molecule has 0 radical (unpaired) electrons. The molecule has 1 aliphatic rings. The number of rotatable bonds is 11. The molecule has 1 saturated heterocycles. The summed E-state index contributed by atoms with van der Waals surface area (Å²) in [6.45, 7) is 9.44. The highest BCUT2D eigenvalue weighted by Gasteiger charge is 2.28. The minimum atomic E-state index is 0.303. The number of unbranched alkanes of at least 4 members (excludes halogenated alkanes) is 1. The molecule has 0 N–H and O–H groups in total. The van der Waals surface area contributed by atoms with Crippen LogP contribution in [0.4, 0.5) is 0 Å². The van der Waals surface area contributed by atoms with Crippen LogP contribution in [0.1, 0.15) is 81.3 Å². The summed E-state index contributed by atoms with van der Waals surface area (Å²) in [5.74, 6) is 2.57. The maximum atomic E-state index is 6.98. The maximum Gasteiger partial charge on any atom is 0.161 e. The van der Waals surface area contributed by atoms with Crippen molar-refractivity contribution in [1.29, 1.82) is 0 Å². The van der Waals surface area contributed by atoms with Crippen molar-refractivity contribution in [1.82, 2.24) is 14.5 Å². The predicted molar refractivity (Wildman–Crippen MR) is 153 cm³/mol. The average Bonchev–Trinajstić information content (AvgIpc) is 3.25. The Balaban J connectivity index is 1.75. The Labute approximate surface area is 227 Å². The second kappa shape index (κ2) is 12.8. The molecule has 0 bridgehead atoms. The van der Waals surface area contributed by atoms with Crippen LogP contribution >= 0.6 is 11.6 Å². The van der Waals surface area contributed by atoms with Gasteiger partial charge in [-0.3, -0.25) is 4.90 Å². The van der Waals surface area contributed by atoms with Crippen molar-refractivity contribution in [3.8, 4) is 22.9 Å². The lowest BCUT2D eigenvalue weighted by atomic mass is 9.94. The number of benzene rings is 2. The van der Waals surface area contributed by atoms with E-state index in [9.17, 15) is 0 Å². The molecule has 1 aliphatic heterocycles. The van der Waals surface area contributed by atoms with E-state index in [0.29, 0.717) is 11.2 Å². The van der Waals surface area contributed by atoms with E-state index in [2.05, 4.69) is 60.6 Å². The molecular weight excluding hydrogens is 482 g/mol. The number of aryl methyl sites for hydroxylation is 2. The summed E-state index contributed by atoms with van der Waals surface area (Å²) < 4.78 is 13.5.